The average Bonchev–Trinajstić information content (AvgIpc) is 2.67. The number of aromatic nitrogens is 2. The van der Waals surface area contributed by atoms with E-state index in [9.17, 15) is 4.79 Å². The number of rotatable bonds is 5. The zero-order chi connectivity index (χ0) is 18.5. The third-order valence-electron chi connectivity index (χ3n) is 4.17. The largest absolute Gasteiger partial charge is 0.340 e. The van der Waals surface area contributed by atoms with Crippen molar-refractivity contribution >= 4 is 23.1 Å². The number of benzene rings is 2. The zero-order valence-corrected chi connectivity index (χ0v) is 15.2. The van der Waals surface area contributed by atoms with Crippen LogP contribution in [0.5, 0.6) is 0 Å². The van der Waals surface area contributed by atoms with Crippen LogP contribution in [-0.4, -0.2) is 22.9 Å². The van der Waals surface area contributed by atoms with E-state index in [4.69, 9.17) is 0 Å². The third kappa shape index (κ3) is 3.88. The molecule has 132 valence electrons. The van der Waals surface area contributed by atoms with Crippen LogP contribution >= 0.6 is 0 Å². The Bertz CT molecular complexity index is 909. The van der Waals surface area contributed by atoms with Gasteiger partial charge in [-0.05, 0) is 37.1 Å². The molecule has 5 heteroatoms. The maximum atomic E-state index is 12.8. The number of para-hydroxylation sites is 2. The lowest BCUT2D eigenvalue weighted by Gasteiger charge is -2.17. The molecule has 1 N–H and O–H groups in total. The monoisotopic (exact) mass is 346 g/mol. The molecule has 1 aromatic heterocycles. The van der Waals surface area contributed by atoms with Gasteiger partial charge in [0.05, 0.1) is 0 Å². The molecule has 1 amide bonds. The molecule has 3 rings (SSSR count). The van der Waals surface area contributed by atoms with E-state index in [-0.39, 0.29) is 5.91 Å². The highest BCUT2D eigenvalue weighted by molar-refractivity contribution is 6.04. The van der Waals surface area contributed by atoms with Crippen LogP contribution in [0.3, 0.4) is 0 Å². The zero-order valence-electron chi connectivity index (χ0n) is 15.2. The summed E-state index contributed by atoms with van der Waals surface area (Å²) >= 11 is 0. The minimum atomic E-state index is -0.173. The molecule has 0 saturated heterocycles. The van der Waals surface area contributed by atoms with Gasteiger partial charge >= 0.3 is 0 Å². The molecular formula is C21H22N4O. The fraction of sp³-hybridized carbons (Fsp3) is 0.190. The van der Waals surface area contributed by atoms with Gasteiger partial charge in [0.25, 0.3) is 5.91 Å². The number of hydrogen-bond donors (Lipinski definition) is 1. The Kier molecular flexibility index (Phi) is 5.27. The SMILES string of the molecule is CCc1ccccc1Nc1cc(C(=O)N(C)c2ccccc2)nc(C)n1. The average molecular weight is 346 g/mol. The molecule has 0 spiro atoms. The quantitative estimate of drug-likeness (QED) is 0.745. The summed E-state index contributed by atoms with van der Waals surface area (Å²) in [4.78, 5) is 23.2. The second-order valence-corrected chi connectivity index (χ2v) is 6.02. The molecule has 0 atom stereocenters. The van der Waals surface area contributed by atoms with E-state index in [1.54, 1.807) is 24.9 Å². The first-order chi connectivity index (χ1) is 12.6. The van der Waals surface area contributed by atoms with Crippen molar-refractivity contribution in [2.75, 3.05) is 17.3 Å². The van der Waals surface area contributed by atoms with Crippen LogP contribution in [0.1, 0.15) is 28.8 Å². The molecule has 0 bridgehead atoms. The Morgan fingerprint density at radius 1 is 1.04 bits per heavy atom. The van der Waals surface area contributed by atoms with Gasteiger partial charge in [0, 0.05) is 24.5 Å². The molecule has 0 aliphatic rings. The number of nitrogens with one attached hydrogen (secondary N) is 1. The predicted molar refractivity (Wildman–Crippen MR) is 105 cm³/mol. The molecule has 0 fully saturated rings. The Morgan fingerprint density at radius 2 is 1.73 bits per heavy atom. The molecule has 1 heterocycles. The van der Waals surface area contributed by atoms with Gasteiger partial charge in [-0.1, -0.05) is 43.3 Å². The van der Waals surface area contributed by atoms with Gasteiger partial charge in [-0.3, -0.25) is 4.79 Å². The van der Waals surface area contributed by atoms with Gasteiger partial charge in [-0.2, -0.15) is 0 Å². The number of carbonyl (C=O) groups is 1. The van der Waals surface area contributed by atoms with Crippen molar-refractivity contribution in [3.63, 3.8) is 0 Å². The maximum Gasteiger partial charge on any atom is 0.276 e. The van der Waals surface area contributed by atoms with Crippen LogP contribution in [0.2, 0.25) is 0 Å². The van der Waals surface area contributed by atoms with Crippen LogP contribution in [0.25, 0.3) is 0 Å². The fourth-order valence-electron chi connectivity index (χ4n) is 2.77. The second-order valence-electron chi connectivity index (χ2n) is 6.02. The van der Waals surface area contributed by atoms with Gasteiger partial charge < -0.3 is 10.2 Å². The summed E-state index contributed by atoms with van der Waals surface area (Å²) in [5, 5.41) is 3.32. The van der Waals surface area contributed by atoms with Crippen LogP contribution in [0.4, 0.5) is 17.2 Å². The fourth-order valence-corrected chi connectivity index (χ4v) is 2.77. The standard InChI is InChI=1S/C21H22N4O/c1-4-16-10-8-9-13-18(16)24-20-14-19(22-15(2)23-20)21(26)25(3)17-11-6-5-7-12-17/h5-14H,4H2,1-3H3,(H,22,23,24). The normalized spacial score (nSPS) is 10.4. The lowest BCUT2D eigenvalue weighted by molar-refractivity contribution is 0.0988. The smallest absolute Gasteiger partial charge is 0.276 e. The highest BCUT2D eigenvalue weighted by atomic mass is 16.2. The van der Waals surface area contributed by atoms with Crippen LogP contribution in [0, 0.1) is 6.92 Å². The van der Waals surface area contributed by atoms with Crippen molar-refractivity contribution < 1.29 is 4.79 Å². The molecule has 5 nitrogen and oxygen atoms in total. The van der Waals surface area contributed by atoms with Crippen molar-refractivity contribution in [2.24, 2.45) is 0 Å². The van der Waals surface area contributed by atoms with E-state index < -0.39 is 0 Å². The topological polar surface area (TPSA) is 58.1 Å². The minimum absolute atomic E-state index is 0.173. The van der Waals surface area contributed by atoms with Crippen LogP contribution < -0.4 is 10.2 Å². The highest BCUT2D eigenvalue weighted by Gasteiger charge is 2.17. The summed E-state index contributed by atoms with van der Waals surface area (Å²) in [5.41, 5.74) is 3.36. The van der Waals surface area contributed by atoms with Crippen molar-refractivity contribution in [3.05, 3.63) is 77.7 Å². The van der Waals surface area contributed by atoms with E-state index in [0.717, 1.165) is 17.8 Å². The van der Waals surface area contributed by atoms with Crippen LogP contribution in [-0.2, 0) is 6.42 Å². The van der Waals surface area contributed by atoms with Gasteiger partial charge in [0.1, 0.15) is 17.3 Å². The molecule has 0 saturated carbocycles. The lowest BCUT2D eigenvalue weighted by Crippen LogP contribution is -2.27. The van der Waals surface area contributed by atoms with Gasteiger partial charge in [0.2, 0.25) is 0 Å². The van der Waals surface area contributed by atoms with Gasteiger partial charge in [-0.25, -0.2) is 9.97 Å². The summed E-state index contributed by atoms with van der Waals surface area (Å²) in [7, 11) is 1.74. The van der Waals surface area contributed by atoms with Crippen LogP contribution in [0.15, 0.2) is 60.7 Å². The molecule has 2 aromatic carbocycles. The first-order valence-electron chi connectivity index (χ1n) is 8.62. The van der Waals surface area contributed by atoms with E-state index in [0.29, 0.717) is 17.3 Å². The Hall–Kier alpha value is -3.21. The van der Waals surface area contributed by atoms with E-state index >= 15 is 0 Å². The maximum absolute atomic E-state index is 12.8. The Labute approximate surface area is 153 Å². The molecule has 0 unspecified atom stereocenters. The summed E-state index contributed by atoms with van der Waals surface area (Å²) in [5.74, 6) is 0.991. The Balaban J connectivity index is 1.89. The number of aryl methyl sites for hydroxylation is 2. The minimum Gasteiger partial charge on any atom is -0.340 e. The number of carbonyl (C=O) groups excluding carboxylic acids is 1. The van der Waals surface area contributed by atoms with Gasteiger partial charge in [0.15, 0.2) is 0 Å². The summed E-state index contributed by atoms with van der Waals surface area (Å²) < 4.78 is 0. The first kappa shape index (κ1) is 17.6. The molecular weight excluding hydrogens is 324 g/mol. The molecule has 26 heavy (non-hydrogen) atoms. The number of nitrogens with zero attached hydrogens (tertiary/aromatic N) is 3. The Morgan fingerprint density at radius 3 is 2.46 bits per heavy atom. The van der Waals surface area contributed by atoms with Gasteiger partial charge in [-0.15, -0.1) is 0 Å². The summed E-state index contributed by atoms with van der Waals surface area (Å²) in [6, 6.07) is 19.3. The van der Waals surface area contributed by atoms with Crippen molar-refractivity contribution in [1.29, 1.82) is 0 Å². The molecule has 0 radical (unpaired) electrons. The third-order valence-corrected chi connectivity index (χ3v) is 4.17. The first-order valence-corrected chi connectivity index (χ1v) is 8.62. The molecule has 0 aliphatic carbocycles. The summed E-state index contributed by atoms with van der Waals surface area (Å²) in [6.45, 7) is 3.89. The lowest BCUT2D eigenvalue weighted by atomic mass is 10.1. The molecule has 3 aromatic rings. The number of anilines is 3. The van der Waals surface area contributed by atoms with E-state index in [2.05, 4.69) is 28.3 Å². The number of amides is 1. The summed E-state index contributed by atoms with van der Waals surface area (Å²) in [6.07, 6.45) is 0.912. The number of hydrogen-bond acceptors (Lipinski definition) is 4. The van der Waals surface area contributed by atoms with E-state index in [1.807, 2.05) is 48.5 Å². The van der Waals surface area contributed by atoms with E-state index in [1.165, 1.54) is 5.56 Å². The second kappa shape index (κ2) is 7.78. The molecule has 0 aliphatic heterocycles. The van der Waals surface area contributed by atoms with Crippen molar-refractivity contribution in [2.45, 2.75) is 20.3 Å². The van der Waals surface area contributed by atoms with Crippen molar-refractivity contribution in [3.8, 4) is 0 Å². The van der Waals surface area contributed by atoms with Crippen molar-refractivity contribution in [1.82, 2.24) is 9.97 Å². The predicted octanol–water partition coefficient (Wildman–Crippen LogP) is 4.37. The highest BCUT2D eigenvalue weighted by Crippen LogP contribution is 2.21.